The van der Waals surface area contributed by atoms with Gasteiger partial charge in [0, 0.05) is 13.1 Å². The molecule has 1 amide bonds. The van der Waals surface area contributed by atoms with E-state index in [9.17, 15) is 9.90 Å². The lowest BCUT2D eigenvalue weighted by atomic mass is 9.91. The van der Waals surface area contributed by atoms with Crippen molar-refractivity contribution < 1.29 is 14.6 Å². The molecule has 0 saturated heterocycles. The van der Waals surface area contributed by atoms with Gasteiger partial charge in [-0.3, -0.25) is 0 Å². The molecule has 22 heavy (non-hydrogen) atoms. The molecule has 2 rings (SSSR count). The van der Waals surface area contributed by atoms with Crippen LogP contribution in [-0.2, 0) is 17.7 Å². The fourth-order valence-corrected chi connectivity index (χ4v) is 2.58. The number of amides is 1. The fraction of sp³-hybridized carbons (Fsp3) is 0.611. The minimum atomic E-state index is -0.475. The number of phenols is 1. The molecule has 1 aromatic carbocycles. The topological polar surface area (TPSA) is 49.8 Å². The first-order valence-electron chi connectivity index (χ1n) is 7.98. The Hall–Kier alpha value is -1.71. The van der Waals surface area contributed by atoms with Gasteiger partial charge in [0.05, 0.1) is 0 Å². The molecule has 1 N–H and O–H groups in total. The largest absolute Gasteiger partial charge is 0.508 e. The van der Waals surface area contributed by atoms with Crippen molar-refractivity contribution in [1.29, 1.82) is 0 Å². The van der Waals surface area contributed by atoms with E-state index < -0.39 is 5.60 Å². The Balaban J connectivity index is 0.00000116. The number of hydrogen-bond donors (Lipinski definition) is 1. The summed E-state index contributed by atoms with van der Waals surface area (Å²) in [7, 11) is 0. The zero-order chi connectivity index (χ0) is 17.1. The lowest BCUT2D eigenvalue weighted by molar-refractivity contribution is 0.0223. The third-order valence-corrected chi connectivity index (χ3v) is 3.66. The van der Waals surface area contributed by atoms with E-state index in [1.807, 2.05) is 48.5 Å². The summed E-state index contributed by atoms with van der Waals surface area (Å²) < 4.78 is 5.42. The van der Waals surface area contributed by atoms with Gasteiger partial charge in [0.1, 0.15) is 11.4 Å². The van der Waals surface area contributed by atoms with Crippen molar-refractivity contribution in [3.63, 3.8) is 0 Å². The van der Waals surface area contributed by atoms with Crippen LogP contribution in [0.1, 0.15) is 56.9 Å². The summed E-state index contributed by atoms with van der Waals surface area (Å²) in [6, 6.07) is 1.77. The molecule has 0 fully saturated rings. The van der Waals surface area contributed by atoms with Crippen LogP contribution in [0, 0.1) is 13.8 Å². The number of nitrogens with zero attached hydrogens (tertiary/aromatic N) is 1. The molecule has 1 aliphatic heterocycles. The van der Waals surface area contributed by atoms with Crippen molar-refractivity contribution in [2.75, 3.05) is 6.54 Å². The number of hydrogen-bond acceptors (Lipinski definition) is 3. The predicted octanol–water partition coefficient (Wildman–Crippen LogP) is 4.33. The Morgan fingerprint density at radius 3 is 2.36 bits per heavy atom. The highest BCUT2D eigenvalue weighted by atomic mass is 16.6. The Morgan fingerprint density at radius 2 is 1.82 bits per heavy atom. The predicted molar refractivity (Wildman–Crippen MR) is 89.3 cm³/mol. The molecule has 0 aromatic heterocycles. The number of carbonyl (C=O) groups excluding carboxylic acids is 1. The molecule has 0 aliphatic carbocycles. The van der Waals surface area contributed by atoms with Crippen LogP contribution in [-0.4, -0.2) is 28.2 Å². The smallest absolute Gasteiger partial charge is 0.410 e. The highest BCUT2D eigenvalue weighted by molar-refractivity contribution is 5.69. The number of aromatic hydroxyl groups is 1. The monoisotopic (exact) mass is 307 g/mol. The standard InChI is InChI=1S/C16H23NO3.C2H6/c1-10-8-14(18)11(2)12-6-7-17(9-13(10)12)15(19)20-16(3,4)5;1-2/h8,18H,6-7,9H2,1-5H3;1-2H3. The van der Waals surface area contributed by atoms with Crippen molar-refractivity contribution in [3.05, 3.63) is 28.3 Å². The molecule has 0 unspecified atom stereocenters. The summed E-state index contributed by atoms with van der Waals surface area (Å²) >= 11 is 0. The number of ether oxygens (including phenoxy) is 1. The van der Waals surface area contributed by atoms with Crippen molar-refractivity contribution in [3.8, 4) is 5.75 Å². The molecule has 4 nitrogen and oxygen atoms in total. The van der Waals surface area contributed by atoms with Gasteiger partial charge in [-0.1, -0.05) is 13.8 Å². The quantitative estimate of drug-likeness (QED) is 0.776. The van der Waals surface area contributed by atoms with E-state index in [1.165, 1.54) is 5.56 Å². The first kappa shape index (κ1) is 18.3. The van der Waals surface area contributed by atoms with Gasteiger partial charge in [0.15, 0.2) is 0 Å². The third kappa shape index (κ3) is 4.15. The van der Waals surface area contributed by atoms with Crippen molar-refractivity contribution in [1.82, 2.24) is 4.90 Å². The van der Waals surface area contributed by atoms with Crippen LogP contribution >= 0.6 is 0 Å². The number of benzene rings is 1. The highest BCUT2D eigenvalue weighted by Gasteiger charge is 2.27. The first-order valence-corrected chi connectivity index (χ1v) is 7.98. The third-order valence-electron chi connectivity index (χ3n) is 3.66. The Bertz CT molecular complexity index is 544. The molecule has 0 atom stereocenters. The van der Waals surface area contributed by atoms with Gasteiger partial charge in [-0.05, 0) is 69.4 Å². The molecule has 4 heteroatoms. The number of carbonyl (C=O) groups is 1. The van der Waals surface area contributed by atoms with E-state index >= 15 is 0 Å². The molecule has 0 radical (unpaired) electrons. The average Bonchev–Trinajstić information content (AvgIpc) is 2.45. The lowest BCUT2D eigenvalue weighted by Crippen LogP contribution is -2.40. The van der Waals surface area contributed by atoms with E-state index in [1.54, 1.807) is 11.0 Å². The number of fused-ring (bicyclic) bond motifs is 1. The second kappa shape index (κ2) is 7.03. The van der Waals surface area contributed by atoms with Crippen LogP contribution < -0.4 is 0 Å². The van der Waals surface area contributed by atoms with Gasteiger partial charge in [-0.2, -0.15) is 0 Å². The van der Waals surface area contributed by atoms with E-state index in [0.29, 0.717) is 18.8 Å². The molecule has 0 bridgehead atoms. The summed E-state index contributed by atoms with van der Waals surface area (Å²) in [5.41, 5.74) is 3.78. The van der Waals surface area contributed by atoms with E-state index in [-0.39, 0.29) is 6.09 Å². The molecule has 1 aliphatic rings. The highest BCUT2D eigenvalue weighted by Crippen LogP contribution is 2.31. The molecule has 0 spiro atoms. The summed E-state index contributed by atoms with van der Waals surface area (Å²) in [6.07, 6.45) is 0.489. The minimum Gasteiger partial charge on any atom is -0.508 e. The number of rotatable bonds is 0. The normalized spacial score (nSPS) is 13.9. The van der Waals surface area contributed by atoms with Crippen LogP contribution in [0.5, 0.6) is 5.75 Å². The SMILES string of the molecule is CC.Cc1cc(O)c(C)c2c1CN(C(=O)OC(C)(C)C)CC2. The molecule has 124 valence electrons. The number of aryl methyl sites for hydroxylation is 1. The van der Waals surface area contributed by atoms with Crippen LogP contribution in [0.15, 0.2) is 6.07 Å². The van der Waals surface area contributed by atoms with Gasteiger partial charge in [-0.25, -0.2) is 4.79 Å². The fourth-order valence-electron chi connectivity index (χ4n) is 2.58. The molecule has 0 saturated carbocycles. The minimum absolute atomic E-state index is 0.270. The molecule has 1 aromatic rings. The van der Waals surface area contributed by atoms with Crippen LogP contribution in [0.25, 0.3) is 0 Å². The van der Waals surface area contributed by atoms with Crippen molar-refractivity contribution in [2.24, 2.45) is 0 Å². The van der Waals surface area contributed by atoms with E-state index in [2.05, 4.69) is 0 Å². The summed E-state index contributed by atoms with van der Waals surface area (Å²) in [6.45, 7) is 14.7. The van der Waals surface area contributed by atoms with Crippen molar-refractivity contribution in [2.45, 2.75) is 67.0 Å². The maximum Gasteiger partial charge on any atom is 0.410 e. The van der Waals surface area contributed by atoms with Gasteiger partial charge in [-0.15, -0.1) is 0 Å². The zero-order valence-electron chi connectivity index (χ0n) is 14.9. The van der Waals surface area contributed by atoms with Crippen LogP contribution in [0.4, 0.5) is 4.79 Å². The van der Waals surface area contributed by atoms with E-state index in [4.69, 9.17) is 4.74 Å². The summed E-state index contributed by atoms with van der Waals surface area (Å²) in [4.78, 5) is 13.9. The molecular weight excluding hydrogens is 278 g/mol. The van der Waals surface area contributed by atoms with Crippen LogP contribution in [0.3, 0.4) is 0 Å². The van der Waals surface area contributed by atoms with Crippen LogP contribution in [0.2, 0.25) is 0 Å². The second-order valence-electron chi connectivity index (χ2n) is 6.45. The average molecular weight is 307 g/mol. The number of phenolic OH excluding ortho intramolecular Hbond substituents is 1. The lowest BCUT2D eigenvalue weighted by Gasteiger charge is -2.32. The second-order valence-corrected chi connectivity index (χ2v) is 6.45. The van der Waals surface area contributed by atoms with Gasteiger partial charge in [0.2, 0.25) is 0 Å². The first-order chi connectivity index (χ1) is 10.2. The Morgan fingerprint density at radius 1 is 1.23 bits per heavy atom. The van der Waals surface area contributed by atoms with Gasteiger partial charge < -0.3 is 14.7 Å². The summed E-state index contributed by atoms with van der Waals surface area (Å²) in [5, 5.41) is 9.88. The van der Waals surface area contributed by atoms with E-state index in [0.717, 1.165) is 23.1 Å². The molecular formula is C18H29NO3. The summed E-state index contributed by atoms with van der Waals surface area (Å²) in [5.74, 6) is 0.340. The van der Waals surface area contributed by atoms with Gasteiger partial charge >= 0.3 is 6.09 Å². The Labute approximate surface area is 134 Å². The Kier molecular flexibility index (Phi) is 5.86. The maximum atomic E-state index is 12.1. The zero-order valence-corrected chi connectivity index (χ0v) is 14.9. The van der Waals surface area contributed by atoms with Gasteiger partial charge in [0.25, 0.3) is 0 Å². The van der Waals surface area contributed by atoms with Crippen molar-refractivity contribution >= 4 is 6.09 Å². The maximum absolute atomic E-state index is 12.1. The molecule has 1 heterocycles.